The Kier molecular flexibility index (Phi) is 8.40. The van der Waals surface area contributed by atoms with Crippen LogP contribution in [0.1, 0.15) is 5.56 Å². The summed E-state index contributed by atoms with van der Waals surface area (Å²) in [5, 5.41) is 2.96. The molecule has 0 saturated heterocycles. The molecule has 0 spiro atoms. The predicted octanol–water partition coefficient (Wildman–Crippen LogP) is 4.73. The second kappa shape index (κ2) is 11.6. The van der Waals surface area contributed by atoms with Gasteiger partial charge in [-0.25, -0.2) is 31.5 Å². The third-order valence-electron chi connectivity index (χ3n) is 5.27. The van der Waals surface area contributed by atoms with E-state index >= 15 is 0 Å². The minimum atomic E-state index is -4.19. The molecule has 0 radical (unpaired) electrons. The van der Waals surface area contributed by atoms with Crippen molar-refractivity contribution in [2.24, 2.45) is 0 Å². The second-order valence-corrected chi connectivity index (χ2v) is 12.6. The van der Waals surface area contributed by atoms with Crippen molar-refractivity contribution in [3.05, 3.63) is 101 Å². The number of hydrogen-bond donors (Lipinski definition) is 2. The maximum absolute atomic E-state index is 13.5. The van der Waals surface area contributed by atoms with Crippen molar-refractivity contribution >= 4 is 66.5 Å². The first-order chi connectivity index (χ1) is 18.4. The van der Waals surface area contributed by atoms with Crippen molar-refractivity contribution < 1.29 is 21.6 Å². The molecule has 0 aliphatic rings. The number of carbonyl (C=O) groups is 1. The van der Waals surface area contributed by atoms with Gasteiger partial charge >= 0.3 is 0 Å². The van der Waals surface area contributed by atoms with E-state index in [1.807, 2.05) is 6.92 Å². The predicted molar refractivity (Wildman–Crippen MR) is 150 cm³/mol. The van der Waals surface area contributed by atoms with Crippen molar-refractivity contribution in [3.63, 3.8) is 0 Å². The maximum atomic E-state index is 13.5. The van der Waals surface area contributed by atoms with Crippen LogP contribution in [0.15, 0.2) is 95.0 Å². The van der Waals surface area contributed by atoms with Crippen LogP contribution in [0.4, 0.5) is 17.3 Å². The summed E-state index contributed by atoms with van der Waals surface area (Å²) >= 11 is 12.2. The number of aryl methyl sites for hydroxylation is 1. The Bertz CT molecular complexity index is 1680. The van der Waals surface area contributed by atoms with E-state index in [4.69, 9.17) is 23.2 Å². The zero-order valence-corrected chi connectivity index (χ0v) is 23.4. The number of rotatable bonds is 9. The largest absolute Gasteiger partial charge is 0.325 e. The Balaban J connectivity index is 1.56. The summed E-state index contributed by atoms with van der Waals surface area (Å²) in [5.41, 5.74) is 1.20. The second-order valence-electron chi connectivity index (χ2n) is 8.20. The SMILES string of the molecule is Cc1ccc(S(=O)(=O)N(CC(=O)Nc2ccc(S(=O)(=O)Nc3ncccn3)cc2)c2cc(Cl)cc(Cl)c2)cc1. The van der Waals surface area contributed by atoms with E-state index in [0.29, 0.717) is 0 Å². The Morgan fingerprint density at radius 1 is 0.846 bits per heavy atom. The van der Waals surface area contributed by atoms with E-state index < -0.39 is 32.5 Å². The lowest BCUT2D eigenvalue weighted by atomic mass is 10.2. The fraction of sp³-hybridized carbons (Fsp3) is 0.0800. The number of amides is 1. The Hall–Kier alpha value is -3.71. The van der Waals surface area contributed by atoms with Gasteiger partial charge in [-0.05, 0) is 67.6 Å². The van der Waals surface area contributed by atoms with Crippen LogP contribution in [-0.2, 0) is 24.8 Å². The van der Waals surface area contributed by atoms with E-state index in [-0.39, 0.29) is 37.2 Å². The molecule has 3 aromatic carbocycles. The van der Waals surface area contributed by atoms with Gasteiger partial charge in [-0.15, -0.1) is 0 Å². The number of anilines is 3. The van der Waals surface area contributed by atoms with Crippen LogP contribution in [0.2, 0.25) is 10.0 Å². The van der Waals surface area contributed by atoms with Crippen LogP contribution in [0.5, 0.6) is 0 Å². The van der Waals surface area contributed by atoms with Crippen molar-refractivity contribution in [3.8, 4) is 0 Å². The van der Waals surface area contributed by atoms with Crippen molar-refractivity contribution in [2.75, 3.05) is 20.9 Å². The number of benzene rings is 3. The number of aromatic nitrogens is 2. The summed E-state index contributed by atoms with van der Waals surface area (Å²) in [4.78, 5) is 20.5. The van der Waals surface area contributed by atoms with Crippen molar-refractivity contribution in [1.29, 1.82) is 0 Å². The molecule has 0 atom stereocenters. The molecule has 202 valence electrons. The summed E-state index contributed by atoms with van der Waals surface area (Å²) in [5.74, 6) is -0.779. The summed E-state index contributed by atoms with van der Waals surface area (Å²) in [6, 6.07) is 17.2. The molecule has 1 heterocycles. The number of carbonyl (C=O) groups excluding carboxylic acids is 1. The molecular formula is C25H21Cl2N5O5S2. The van der Waals surface area contributed by atoms with E-state index in [1.165, 1.54) is 67.0 Å². The zero-order chi connectivity index (χ0) is 28.2. The summed E-state index contributed by atoms with van der Waals surface area (Å²) in [6.07, 6.45) is 2.78. The van der Waals surface area contributed by atoms with Gasteiger partial charge in [0.1, 0.15) is 6.54 Å². The summed E-state index contributed by atoms with van der Waals surface area (Å²) < 4.78 is 55.4. The summed E-state index contributed by atoms with van der Waals surface area (Å²) in [7, 11) is -8.17. The lowest BCUT2D eigenvalue weighted by molar-refractivity contribution is -0.114. The van der Waals surface area contributed by atoms with Crippen LogP contribution in [0, 0.1) is 6.92 Å². The molecule has 39 heavy (non-hydrogen) atoms. The quantitative estimate of drug-likeness (QED) is 0.281. The topological polar surface area (TPSA) is 138 Å². The molecule has 0 unspecified atom stereocenters. The minimum Gasteiger partial charge on any atom is -0.325 e. The van der Waals surface area contributed by atoms with Gasteiger partial charge in [-0.3, -0.25) is 9.10 Å². The molecule has 0 saturated carbocycles. The maximum Gasteiger partial charge on any atom is 0.264 e. The average molecular weight is 607 g/mol. The van der Waals surface area contributed by atoms with Gasteiger partial charge in [0.2, 0.25) is 11.9 Å². The van der Waals surface area contributed by atoms with Crippen LogP contribution in [0.25, 0.3) is 0 Å². The van der Waals surface area contributed by atoms with Crippen molar-refractivity contribution in [2.45, 2.75) is 16.7 Å². The molecule has 4 rings (SSSR count). The van der Waals surface area contributed by atoms with Gasteiger partial charge in [0, 0.05) is 28.1 Å². The highest BCUT2D eigenvalue weighted by molar-refractivity contribution is 7.93. The normalized spacial score (nSPS) is 11.6. The molecule has 1 amide bonds. The number of hydrogen-bond acceptors (Lipinski definition) is 7. The van der Waals surface area contributed by atoms with Gasteiger partial charge in [0.15, 0.2) is 0 Å². The molecule has 4 aromatic rings. The van der Waals surface area contributed by atoms with E-state index in [0.717, 1.165) is 9.87 Å². The Morgan fingerprint density at radius 3 is 2.00 bits per heavy atom. The van der Waals surface area contributed by atoms with Gasteiger partial charge in [0.05, 0.1) is 15.5 Å². The van der Waals surface area contributed by atoms with Gasteiger partial charge < -0.3 is 5.32 Å². The fourth-order valence-electron chi connectivity index (χ4n) is 3.42. The van der Waals surface area contributed by atoms with Crippen LogP contribution in [0.3, 0.4) is 0 Å². The van der Waals surface area contributed by atoms with E-state index in [1.54, 1.807) is 18.2 Å². The monoisotopic (exact) mass is 605 g/mol. The Labute approximate surface area is 235 Å². The smallest absolute Gasteiger partial charge is 0.264 e. The molecule has 0 aliphatic carbocycles. The standard InChI is InChI=1S/C25H21Cl2N5O5S2/c1-17-3-7-23(8-4-17)39(36,37)32(21-14-18(26)13-19(27)15-21)16-24(33)30-20-5-9-22(10-6-20)38(34,35)31-25-28-11-2-12-29-25/h2-15H,16H2,1H3,(H,30,33)(H,28,29,31). The molecule has 14 heteroatoms. The number of nitrogens with zero attached hydrogens (tertiary/aromatic N) is 3. The highest BCUT2D eigenvalue weighted by Gasteiger charge is 2.28. The number of nitrogens with one attached hydrogen (secondary N) is 2. The average Bonchev–Trinajstić information content (AvgIpc) is 2.87. The zero-order valence-electron chi connectivity index (χ0n) is 20.2. The molecule has 0 fully saturated rings. The number of sulfonamides is 2. The first-order valence-corrected chi connectivity index (χ1v) is 14.9. The number of halogens is 2. The minimum absolute atomic E-state index is 0.0264. The van der Waals surface area contributed by atoms with Crippen LogP contribution < -0.4 is 14.3 Å². The highest BCUT2D eigenvalue weighted by Crippen LogP contribution is 2.30. The van der Waals surface area contributed by atoms with Gasteiger partial charge in [0.25, 0.3) is 20.0 Å². The first kappa shape index (κ1) is 28.3. The lowest BCUT2D eigenvalue weighted by Gasteiger charge is -2.24. The first-order valence-electron chi connectivity index (χ1n) is 11.2. The van der Waals surface area contributed by atoms with Crippen molar-refractivity contribution in [1.82, 2.24) is 9.97 Å². The Morgan fingerprint density at radius 2 is 1.41 bits per heavy atom. The van der Waals surface area contributed by atoms with E-state index in [2.05, 4.69) is 20.0 Å². The highest BCUT2D eigenvalue weighted by atomic mass is 35.5. The van der Waals surface area contributed by atoms with Crippen LogP contribution in [-0.4, -0.2) is 39.3 Å². The third kappa shape index (κ3) is 7.03. The van der Waals surface area contributed by atoms with Gasteiger partial charge in [-0.1, -0.05) is 40.9 Å². The molecule has 2 N–H and O–H groups in total. The van der Waals surface area contributed by atoms with Crippen LogP contribution >= 0.6 is 23.2 Å². The molecular weight excluding hydrogens is 585 g/mol. The molecule has 1 aromatic heterocycles. The molecule has 0 aliphatic heterocycles. The van der Waals surface area contributed by atoms with E-state index in [9.17, 15) is 21.6 Å². The summed E-state index contributed by atoms with van der Waals surface area (Å²) in [6.45, 7) is 1.21. The lowest BCUT2D eigenvalue weighted by Crippen LogP contribution is -2.38. The fourth-order valence-corrected chi connectivity index (χ4v) is 6.29. The molecule has 10 nitrogen and oxygen atoms in total. The third-order valence-corrected chi connectivity index (χ3v) is 8.84. The van der Waals surface area contributed by atoms with Gasteiger partial charge in [-0.2, -0.15) is 0 Å². The molecule has 0 bridgehead atoms.